The van der Waals surface area contributed by atoms with Gasteiger partial charge < -0.3 is 14.4 Å². The van der Waals surface area contributed by atoms with Crippen molar-refractivity contribution in [2.75, 3.05) is 53.5 Å². The van der Waals surface area contributed by atoms with Crippen molar-refractivity contribution >= 4 is 11.6 Å². The number of ether oxygens (including phenoxy) is 2. The van der Waals surface area contributed by atoms with Crippen LogP contribution in [0.1, 0.15) is 36.1 Å². The maximum Gasteiger partial charge on any atom is 0.257 e. The molecular weight excluding hydrogens is 416 g/mol. The minimum atomic E-state index is -0.113. The number of hydrogen-bond acceptors (Lipinski definition) is 6. The van der Waals surface area contributed by atoms with E-state index in [0.717, 1.165) is 49.6 Å². The monoisotopic (exact) mass is 450 g/mol. The van der Waals surface area contributed by atoms with Crippen molar-refractivity contribution in [2.45, 2.75) is 26.3 Å². The summed E-state index contributed by atoms with van der Waals surface area (Å²) in [5.74, 6) is 1.37. The quantitative estimate of drug-likeness (QED) is 0.648. The molecule has 0 unspecified atom stereocenters. The number of hydrazone groups is 1. The topological polar surface area (TPSA) is 57.6 Å². The third kappa shape index (κ3) is 5.20. The Bertz CT molecular complexity index is 997. The average molecular weight is 451 g/mol. The first-order valence-electron chi connectivity index (χ1n) is 11.7. The van der Waals surface area contributed by atoms with Gasteiger partial charge in [-0.25, -0.2) is 5.01 Å². The highest BCUT2D eigenvalue weighted by Crippen LogP contribution is 2.35. The Morgan fingerprint density at radius 3 is 2.27 bits per heavy atom. The average Bonchev–Trinajstić information content (AvgIpc) is 3.30. The summed E-state index contributed by atoms with van der Waals surface area (Å²) in [5.41, 5.74) is 4.12. The van der Waals surface area contributed by atoms with Crippen molar-refractivity contribution in [3.05, 3.63) is 59.2 Å². The van der Waals surface area contributed by atoms with Gasteiger partial charge in [-0.15, -0.1) is 0 Å². The second-order valence-corrected chi connectivity index (χ2v) is 8.70. The number of nitrogens with zero attached hydrogens (tertiary/aromatic N) is 4. The maximum atomic E-state index is 13.4. The van der Waals surface area contributed by atoms with E-state index in [9.17, 15) is 4.79 Å². The number of likely N-dealkylation sites (N-methyl/N-ethyl adjacent to an activating group) is 1. The Morgan fingerprint density at radius 2 is 1.64 bits per heavy atom. The van der Waals surface area contributed by atoms with Crippen LogP contribution in [-0.2, 0) is 4.79 Å². The van der Waals surface area contributed by atoms with Gasteiger partial charge in [-0.1, -0.05) is 36.8 Å². The molecule has 7 nitrogen and oxygen atoms in total. The molecule has 2 heterocycles. The van der Waals surface area contributed by atoms with Gasteiger partial charge in [-0.2, -0.15) is 5.10 Å². The van der Waals surface area contributed by atoms with Crippen LogP contribution in [-0.4, -0.2) is 79.9 Å². The summed E-state index contributed by atoms with van der Waals surface area (Å²) >= 11 is 0. The number of rotatable bonds is 7. The molecule has 2 aliphatic rings. The van der Waals surface area contributed by atoms with Crippen molar-refractivity contribution in [1.82, 2.24) is 14.8 Å². The van der Waals surface area contributed by atoms with E-state index >= 15 is 0 Å². The minimum absolute atomic E-state index is 0.0426. The molecule has 1 amide bonds. The zero-order chi connectivity index (χ0) is 23.4. The number of piperazine rings is 1. The molecule has 176 valence electrons. The Labute approximate surface area is 196 Å². The van der Waals surface area contributed by atoms with Gasteiger partial charge in [-0.3, -0.25) is 9.69 Å². The normalized spacial score (nSPS) is 19.5. The predicted octanol–water partition coefficient (Wildman–Crippen LogP) is 3.33. The molecule has 33 heavy (non-hydrogen) atoms. The minimum Gasteiger partial charge on any atom is -0.493 e. The molecule has 2 aliphatic heterocycles. The van der Waals surface area contributed by atoms with Crippen LogP contribution in [0.25, 0.3) is 0 Å². The second kappa shape index (κ2) is 10.4. The first kappa shape index (κ1) is 23.3. The van der Waals surface area contributed by atoms with Gasteiger partial charge in [0.15, 0.2) is 11.5 Å². The van der Waals surface area contributed by atoms with Crippen molar-refractivity contribution in [2.24, 2.45) is 5.10 Å². The van der Waals surface area contributed by atoms with E-state index in [1.807, 2.05) is 18.2 Å². The van der Waals surface area contributed by atoms with Gasteiger partial charge in [-0.05, 0) is 37.2 Å². The molecule has 0 spiro atoms. The van der Waals surface area contributed by atoms with Gasteiger partial charge in [0, 0.05) is 38.2 Å². The highest BCUT2D eigenvalue weighted by atomic mass is 16.5. The fourth-order valence-electron chi connectivity index (χ4n) is 4.51. The number of hydrogen-bond donors (Lipinski definition) is 0. The standard InChI is InChI=1S/C26H34N4O3/c1-5-28-12-14-29(15-13-28)18-26(31)30-23(20-8-6-19(2)7-9-20)17-22(27-30)21-10-11-24(32-3)25(16-21)33-4/h6-11,16,23H,5,12-15,17-18H2,1-4H3/t23-/m0/s1. The molecule has 2 aromatic rings. The number of carbonyl (C=O) groups excluding carboxylic acids is 1. The Kier molecular flexibility index (Phi) is 7.30. The molecule has 1 atom stereocenters. The fraction of sp³-hybridized carbons (Fsp3) is 0.462. The van der Waals surface area contributed by atoms with E-state index in [-0.39, 0.29) is 11.9 Å². The van der Waals surface area contributed by atoms with Crippen LogP contribution in [0, 0.1) is 6.92 Å². The highest BCUT2D eigenvalue weighted by Gasteiger charge is 2.34. The molecule has 0 aromatic heterocycles. The van der Waals surface area contributed by atoms with E-state index in [1.165, 1.54) is 5.56 Å². The summed E-state index contributed by atoms with van der Waals surface area (Å²) in [6.45, 7) is 9.54. The molecule has 0 aliphatic carbocycles. The molecular formula is C26H34N4O3. The van der Waals surface area contributed by atoms with Crippen LogP contribution < -0.4 is 9.47 Å². The summed E-state index contributed by atoms with van der Waals surface area (Å²) in [6, 6.07) is 14.1. The van der Waals surface area contributed by atoms with Crippen molar-refractivity contribution in [3.8, 4) is 11.5 Å². The lowest BCUT2D eigenvalue weighted by Gasteiger charge is -2.34. The van der Waals surface area contributed by atoms with E-state index in [4.69, 9.17) is 14.6 Å². The lowest BCUT2D eigenvalue weighted by atomic mass is 9.97. The third-order valence-electron chi connectivity index (χ3n) is 6.62. The Morgan fingerprint density at radius 1 is 0.970 bits per heavy atom. The molecule has 1 fully saturated rings. The molecule has 0 N–H and O–H groups in total. The van der Waals surface area contributed by atoms with Crippen LogP contribution >= 0.6 is 0 Å². The summed E-state index contributed by atoms with van der Waals surface area (Å²) in [4.78, 5) is 18.1. The Hall–Kier alpha value is -2.90. The van der Waals surface area contributed by atoms with Crippen LogP contribution in [0.3, 0.4) is 0 Å². The van der Waals surface area contributed by atoms with E-state index < -0.39 is 0 Å². The number of aryl methyl sites for hydroxylation is 1. The molecule has 0 saturated carbocycles. The first-order chi connectivity index (χ1) is 16.0. The second-order valence-electron chi connectivity index (χ2n) is 8.70. The van der Waals surface area contributed by atoms with Crippen LogP contribution in [0.15, 0.2) is 47.6 Å². The summed E-state index contributed by atoms with van der Waals surface area (Å²) in [5, 5.41) is 6.53. The molecule has 4 rings (SSSR count). The smallest absolute Gasteiger partial charge is 0.257 e. The summed E-state index contributed by atoms with van der Waals surface area (Å²) < 4.78 is 10.9. The van der Waals surface area contributed by atoms with Crippen molar-refractivity contribution in [3.63, 3.8) is 0 Å². The van der Waals surface area contributed by atoms with E-state index in [1.54, 1.807) is 19.2 Å². The summed E-state index contributed by atoms with van der Waals surface area (Å²) in [6.07, 6.45) is 0.661. The number of amides is 1. The van der Waals surface area contributed by atoms with Gasteiger partial charge in [0.2, 0.25) is 0 Å². The predicted molar refractivity (Wildman–Crippen MR) is 130 cm³/mol. The lowest BCUT2D eigenvalue weighted by molar-refractivity contribution is -0.134. The molecule has 7 heteroatoms. The maximum absolute atomic E-state index is 13.4. The van der Waals surface area contributed by atoms with Gasteiger partial charge >= 0.3 is 0 Å². The van der Waals surface area contributed by atoms with E-state index in [2.05, 4.69) is 47.9 Å². The van der Waals surface area contributed by atoms with Crippen LogP contribution in [0.4, 0.5) is 0 Å². The van der Waals surface area contributed by atoms with Crippen molar-refractivity contribution < 1.29 is 14.3 Å². The number of carbonyl (C=O) groups is 1. The van der Waals surface area contributed by atoms with Crippen LogP contribution in [0.5, 0.6) is 11.5 Å². The zero-order valence-electron chi connectivity index (χ0n) is 20.1. The molecule has 1 saturated heterocycles. The van der Waals surface area contributed by atoms with Crippen molar-refractivity contribution in [1.29, 1.82) is 0 Å². The first-order valence-corrected chi connectivity index (χ1v) is 11.7. The van der Waals surface area contributed by atoms with Crippen LogP contribution in [0.2, 0.25) is 0 Å². The lowest BCUT2D eigenvalue weighted by Crippen LogP contribution is -2.49. The molecule has 0 bridgehead atoms. The largest absolute Gasteiger partial charge is 0.493 e. The number of methoxy groups -OCH3 is 2. The number of benzene rings is 2. The van der Waals surface area contributed by atoms with Gasteiger partial charge in [0.05, 0.1) is 32.5 Å². The molecule has 0 radical (unpaired) electrons. The SMILES string of the molecule is CCN1CCN(CC(=O)N2N=C(c3ccc(OC)c(OC)c3)C[C@H]2c2ccc(C)cc2)CC1. The van der Waals surface area contributed by atoms with E-state index in [0.29, 0.717) is 24.5 Å². The zero-order valence-corrected chi connectivity index (χ0v) is 20.1. The van der Waals surface area contributed by atoms with Gasteiger partial charge in [0.1, 0.15) is 0 Å². The Balaban J connectivity index is 1.58. The highest BCUT2D eigenvalue weighted by molar-refractivity contribution is 6.03. The molecule has 2 aromatic carbocycles. The fourth-order valence-corrected chi connectivity index (χ4v) is 4.51. The van der Waals surface area contributed by atoms with Gasteiger partial charge in [0.25, 0.3) is 5.91 Å². The third-order valence-corrected chi connectivity index (χ3v) is 6.62. The summed E-state index contributed by atoms with van der Waals surface area (Å²) in [7, 11) is 3.25.